The summed E-state index contributed by atoms with van der Waals surface area (Å²) in [7, 11) is 0. The predicted molar refractivity (Wildman–Crippen MR) is 43.0 cm³/mol. The van der Waals surface area contributed by atoms with Crippen LogP contribution in [-0.4, -0.2) is 0 Å². The maximum Gasteiger partial charge on any atom is 0.142 e. The lowest BCUT2D eigenvalue weighted by Gasteiger charge is -1.78. The van der Waals surface area contributed by atoms with E-state index in [1.165, 1.54) is 6.08 Å². The van der Waals surface area contributed by atoms with Gasteiger partial charge in [0, 0.05) is 0 Å². The fourth-order valence-corrected chi connectivity index (χ4v) is 0.544. The zero-order chi connectivity index (χ0) is 7.66. The van der Waals surface area contributed by atoms with Gasteiger partial charge in [-0.05, 0) is 18.9 Å². The summed E-state index contributed by atoms with van der Waals surface area (Å²) in [5.74, 6) is 0. The minimum absolute atomic E-state index is 0.778. The Morgan fingerprint density at radius 1 is 1.10 bits per heavy atom. The van der Waals surface area contributed by atoms with E-state index in [9.17, 15) is 5.11 Å². The first-order valence-corrected chi connectivity index (χ1v) is 3.50. The van der Waals surface area contributed by atoms with Crippen LogP contribution in [-0.2, 0) is 5.11 Å². The first-order chi connectivity index (χ1) is 4.91. The van der Waals surface area contributed by atoms with E-state index in [2.05, 4.69) is 19.1 Å². The van der Waals surface area contributed by atoms with Crippen molar-refractivity contribution in [2.75, 3.05) is 0 Å². The van der Waals surface area contributed by atoms with Gasteiger partial charge in [-0.25, -0.2) is 0 Å². The van der Waals surface area contributed by atoms with Gasteiger partial charge in [-0.3, -0.25) is 5.11 Å². The van der Waals surface area contributed by atoms with Crippen LogP contribution in [0, 0.1) is 0 Å². The van der Waals surface area contributed by atoms with Crippen LogP contribution < -0.4 is 0 Å². The molecule has 0 aliphatic heterocycles. The molecule has 0 aliphatic carbocycles. The Bertz CT molecular complexity index is 132. The summed E-state index contributed by atoms with van der Waals surface area (Å²) in [5, 5.41) is 9.77. The van der Waals surface area contributed by atoms with Gasteiger partial charge in [0.25, 0.3) is 0 Å². The van der Waals surface area contributed by atoms with E-state index < -0.39 is 0 Å². The van der Waals surface area contributed by atoms with E-state index in [0.717, 1.165) is 19.1 Å². The standard InChI is InChI=1S/C9H13O/c1-2-3-4-5-6-7-8-9-10/h3-4,6-9H,2,5H2,1H3. The predicted octanol–water partition coefficient (Wildman–Crippen LogP) is 2.84. The molecule has 0 rings (SSSR count). The van der Waals surface area contributed by atoms with Gasteiger partial charge in [0.1, 0.15) is 6.26 Å². The zero-order valence-corrected chi connectivity index (χ0v) is 6.29. The third-order valence-corrected chi connectivity index (χ3v) is 1.00. The molecule has 0 bridgehead atoms. The number of rotatable bonds is 4. The van der Waals surface area contributed by atoms with Gasteiger partial charge in [0.05, 0.1) is 0 Å². The van der Waals surface area contributed by atoms with Crippen molar-refractivity contribution < 1.29 is 5.11 Å². The summed E-state index contributed by atoms with van der Waals surface area (Å²) in [6, 6.07) is 0. The van der Waals surface area contributed by atoms with Crippen LogP contribution in [0.1, 0.15) is 19.8 Å². The molecule has 0 N–H and O–H groups in total. The third-order valence-electron chi connectivity index (χ3n) is 1.00. The molecule has 1 radical (unpaired) electrons. The molecule has 0 spiro atoms. The van der Waals surface area contributed by atoms with Crippen LogP contribution in [0.5, 0.6) is 0 Å². The van der Waals surface area contributed by atoms with Crippen molar-refractivity contribution in [3.05, 3.63) is 36.6 Å². The molecule has 0 saturated carbocycles. The molecule has 0 amide bonds. The molecule has 0 unspecified atom stereocenters. The normalized spacial score (nSPS) is 12.5. The minimum Gasteiger partial charge on any atom is -0.299 e. The number of allylic oxidation sites excluding steroid dienone is 5. The monoisotopic (exact) mass is 137 g/mol. The van der Waals surface area contributed by atoms with Gasteiger partial charge in [-0.1, -0.05) is 31.2 Å². The molecule has 10 heavy (non-hydrogen) atoms. The van der Waals surface area contributed by atoms with Crippen LogP contribution >= 0.6 is 0 Å². The van der Waals surface area contributed by atoms with Crippen LogP contribution in [0.25, 0.3) is 0 Å². The van der Waals surface area contributed by atoms with Gasteiger partial charge < -0.3 is 0 Å². The molecular weight excluding hydrogens is 124 g/mol. The molecule has 0 saturated heterocycles. The first kappa shape index (κ1) is 9.02. The molecule has 0 aromatic heterocycles. The maximum atomic E-state index is 9.77. The van der Waals surface area contributed by atoms with Crippen molar-refractivity contribution in [3.63, 3.8) is 0 Å². The molecule has 55 valence electrons. The summed E-state index contributed by atoms with van der Waals surface area (Å²) >= 11 is 0. The SMILES string of the molecule is CCC=CCC=CC=C[O]. The molecule has 0 aliphatic rings. The van der Waals surface area contributed by atoms with E-state index >= 15 is 0 Å². The van der Waals surface area contributed by atoms with Crippen molar-refractivity contribution in [1.29, 1.82) is 0 Å². The van der Waals surface area contributed by atoms with Gasteiger partial charge >= 0.3 is 0 Å². The van der Waals surface area contributed by atoms with Crippen LogP contribution in [0.15, 0.2) is 36.6 Å². The summed E-state index contributed by atoms with van der Waals surface area (Å²) in [6.45, 7) is 2.10. The third kappa shape index (κ3) is 7.02. The van der Waals surface area contributed by atoms with E-state index in [4.69, 9.17) is 0 Å². The van der Waals surface area contributed by atoms with Gasteiger partial charge in [-0.2, -0.15) is 0 Å². The highest BCUT2D eigenvalue weighted by molar-refractivity contribution is 5.02. The molecular formula is C9H13O. The molecule has 0 aromatic carbocycles. The summed E-state index contributed by atoms with van der Waals surface area (Å²) in [6.07, 6.45) is 12.1. The van der Waals surface area contributed by atoms with Crippen molar-refractivity contribution in [2.45, 2.75) is 19.8 Å². The van der Waals surface area contributed by atoms with Crippen LogP contribution in [0.2, 0.25) is 0 Å². The highest BCUT2D eigenvalue weighted by atomic mass is 16.2. The lowest BCUT2D eigenvalue weighted by Crippen LogP contribution is -1.57. The Labute approximate surface area is 62.4 Å². The topological polar surface area (TPSA) is 19.9 Å². The Balaban J connectivity index is 3.26. The smallest absolute Gasteiger partial charge is 0.142 e. The van der Waals surface area contributed by atoms with Crippen LogP contribution in [0.4, 0.5) is 0 Å². The Morgan fingerprint density at radius 2 is 1.90 bits per heavy atom. The van der Waals surface area contributed by atoms with Crippen molar-refractivity contribution >= 4 is 0 Å². The number of hydrogen-bond donors (Lipinski definition) is 0. The van der Waals surface area contributed by atoms with Gasteiger partial charge in [-0.15, -0.1) is 0 Å². The molecule has 0 fully saturated rings. The van der Waals surface area contributed by atoms with Gasteiger partial charge in [0.15, 0.2) is 0 Å². The molecule has 1 nitrogen and oxygen atoms in total. The second-order valence-electron chi connectivity index (χ2n) is 1.87. The van der Waals surface area contributed by atoms with Crippen molar-refractivity contribution in [3.8, 4) is 0 Å². The van der Waals surface area contributed by atoms with Crippen molar-refractivity contribution in [1.82, 2.24) is 0 Å². The largest absolute Gasteiger partial charge is 0.299 e. The maximum absolute atomic E-state index is 9.77. The Morgan fingerprint density at radius 3 is 2.50 bits per heavy atom. The van der Waals surface area contributed by atoms with Crippen LogP contribution in [0.3, 0.4) is 0 Å². The molecule has 0 aromatic rings. The van der Waals surface area contributed by atoms with Gasteiger partial charge in [0.2, 0.25) is 0 Å². The fourth-order valence-electron chi connectivity index (χ4n) is 0.544. The summed E-state index contributed by atoms with van der Waals surface area (Å²) < 4.78 is 0. The van der Waals surface area contributed by atoms with E-state index in [-0.39, 0.29) is 0 Å². The first-order valence-electron chi connectivity index (χ1n) is 3.50. The summed E-state index contributed by atoms with van der Waals surface area (Å²) in [4.78, 5) is 0. The second kappa shape index (κ2) is 8.02. The Kier molecular flexibility index (Phi) is 7.23. The quantitative estimate of drug-likeness (QED) is 0.322. The van der Waals surface area contributed by atoms with Crippen molar-refractivity contribution in [2.24, 2.45) is 0 Å². The average molecular weight is 137 g/mol. The highest BCUT2D eigenvalue weighted by Gasteiger charge is 1.67. The zero-order valence-electron chi connectivity index (χ0n) is 6.29. The lowest BCUT2D eigenvalue weighted by atomic mass is 10.3. The van der Waals surface area contributed by atoms with E-state index in [1.807, 2.05) is 6.08 Å². The summed E-state index contributed by atoms with van der Waals surface area (Å²) in [5.41, 5.74) is 0. The minimum atomic E-state index is 0.778. The van der Waals surface area contributed by atoms with E-state index in [0.29, 0.717) is 0 Å². The molecule has 0 atom stereocenters. The number of hydrogen-bond acceptors (Lipinski definition) is 0. The highest BCUT2D eigenvalue weighted by Crippen LogP contribution is 1.88. The second-order valence-corrected chi connectivity index (χ2v) is 1.87. The Hall–Kier alpha value is -0.980. The lowest BCUT2D eigenvalue weighted by molar-refractivity contribution is 0.352. The average Bonchev–Trinajstić information content (AvgIpc) is 1.97. The van der Waals surface area contributed by atoms with E-state index in [1.54, 1.807) is 6.08 Å². The fraction of sp³-hybridized carbons (Fsp3) is 0.333. The molecule has 0 heterocycles. The molecule has 1 heteroatoms.